The van der Waals surface area contributed by atoms with Crippen LogP contribution in [0.1, 0.15) is 31.7 Å². The van der Waals surface area contributed by atoms with Gasteiger partial charge in [0, 0.05) is 19.2 Å². The number of aromatic nitrogens is 3. The van der Waals surface area contributed by atoms with Crippen LogP contribution in [-0.2, 0) is 21.4 Å². The molecule has 0 spiro atoms. The molecule has 2 aromatic rings. The first-order valence-corrected chi connectivity index (χ1v) is 10.5. The van der Waals surface area contributed by atoms with Gasteiger partial charge in [-0.05, 0) is 33.1 Å². The Kier molecular flexibility index (Phi) is 6.72. The molecule has 1 amide bonds. The van der Waals surface area contributed by atoms with Gasteiger partial charge in [-0.3, -0.25) is 4.79 Å². The Hall–Kier alpha value is -2.35. The van der Waals surface area contributed by atoms with E-state index >= 15 is 0 Å². The first kappa shape index (κ1) is 20.4. The molecule has 0 saturated carbocycles. The third kappa shape index (κ3) is 4.55. The number of likely N-dealkylation sites (tertiary alicyclic amines) is 1. The summed E-state index contributed by atoms with van der Waals surface area (Å²) in [6.07, 6.45) is 2.51. The fraction of sp³-hybridized carbons (Fsp3) is 0.500. The molecule has 0 bridgehead atoms. The van der Waals surface area contributed by atoms with Crippen LogP contribution in [0.15, 0.2) is 29.4 Å². The zero-order valence-electron chi connectivity index (χ0n) is 16.6. The number of carbonyl (C=O) groups excluding carboxylic acids is 2. The average Bonchev–Trinajstić information content (AvgIpc) is 3.07. The molecule has 1 saturated heterocycles. The van der Waals surface area contributed by atoms with Gasteiger partial charge in [0.15, 0.2) is 11.0 Å². The predicted octanol–water partition coefficient (Wildman–Crippen LogP) is 2.83. The largest absolute Gasteiger partial charge is 0.464 e. The van der Waals surface area contributed by atoms with Gasteiger partial charge in [-0.25, -0.2) is 4.79 Å². The number of hydrogen-bond donors (Lipinski definition) is 0. The average molecular weight is 403 g/mol. The third-order valence-electron chi connectivity index (χ3n) is 4.85. The van der Waals surface area contributed by atoms with E-state index in [1.165, 1.54) is 17.3 Å². The zero-order chi connectivity index (χ0) is 20.1. The molecule has 1 atom stereocenters. The monoisotopic (exact) mass is 402 g/mol. The molecule has 1 unspecified atom stereocenters. The van der Waals surface area contributed by atoms with Gasteiger partial charge in [0.1, 0.15) is 6.04 Å². The van der Waals surface area contributed by atoms with E-state index in [0.717, 1.165) is 24.2 Å². The Labute approximate surface area is 169 Å². The van der Waals surface area contributed by atoms with Crippen molar-refractivity contribution < 1.29 is 14.3 Å². The maximum Gasteiger partial charge on any atom is 0.328 e. The van der Waals surface area contributed by atoms with Crippen LogP contribution < -0.4 is 0 Å². The molecular weight excluding hydrogens is 376 g/mol. The van der Waals surface area contributed by atoms with E-state index in [-0.39, 0.29) is 17.6 Å². The lowest BCUT2D eigenvalue weighted by Gasteiger charge is -2.33. The summed E-state index contributed by atoms with van der Waals surface area (Å²) in [6, 6.07) is 7.62. The van der Waals surface area contributed by atoms with Gasteiger partial charge in [-0.2, -0.15) is 0 Å². The summed E-state index contributed by atoms with van der Waals surface area (Å²) in [5, 5.41) is 9.17. The lowest BCUT2D eigenvalue weighted by Crippen LogP contribution is -2.49. The summed E-state index contributed by atoms with van der Waals surface area (Å²) in [5.41, 5.74) is 2.17. The summed E-state index contributed by atoms with van der Waals surface area (Å²) in [4.78, 5) is 26.6. The Morgan fingerprint density at radius 3 is 2.68 bits per heavy atom. The first-order chi connectivity index (χ1) is 13.5. The number of benzene rings is 1. The van der Waals surface area contributed by atoms with Gasteiger partial charge in [0.2, 0.25) is 5.91 Å². The van der Waals surface area contributed by atoms with E-state index in [4.69, 9.17) is 4.74 Å². The van der Waals surface area contributed by atoms with Crippen molar-refractivity contribution in [2.24, 2.45) is 7.05 Å². The first-order valence-electron chi connectivity index (χ1n) is 9.56. The van der Waals surface area contributed by atoms with E-state index < -0.39 is 6.04 Å². The number of thioether (sulfide) groups is 1. The van der Waals surface area contributed by atoms with Crippen molar-refractivity contribution >= 4 is 23.6 Å². The number of carbonyl (C=O) groups is 2. The maximum absolute atomic E-state index is 12.8. The summed E-state index contributed by atoms with van der Waals surface area (Å²) in [7, 11) is 1.89. The zero-order valence-corrected chi connectivity index (χ0v) is 17.4. The highest BCUT2D eigenvalue weighted by Crippen LogP contribution is 2.25. The molecule has 8 heteroatoms. The lowest BCUT2D eigenvalue weighted by molar-refractivity contribution is -0.155. The number of aryl methyl sites for hydroxylation is 1. The van der Waals surface area contributed by atoms with Gasteiger partial charge >= 0.3 is 5.97 Å². The quantitative estimate of drug-likeness (QED) is 0.546. The standard InChI is InChI=1S/C20H26N4O3S/c1-4-27-19(26)16-7-5-6-12-24(16)17(25)13-28-20-22-21-18(23(20)3)15-10-8-14(2)9-11-15/h8-11,16H,4-7,12-13H2,1-3H3. The molecule has 1 aromatic heterocycles. The number of hydrogen-bond acceptors (Lipinski definition) is 6. The second-order valence-corrected chi connectivity index (χ2v) is 7.81. The minimum atomic E-state index is -0.468. The van der Waals surface area contributed by atoms with Gasteiger partial charge in [-0.1, -0.05) is 41.6 Å². The van der Waals surface area contributed by atoms with E-state index in [9.17, 15) is 9.59 Å². The van der Waals surface area contributed by atoms with Crippen LogP contribution in [0.25, 0.3) is 11.4 Å². The van der Waals surface area contributed by atoms with Crippen LogP contribution in [-0.4, -0.2) is 56.5 Å². The molecule has 1 aliphatic heterocycles. The molecule has 28 heavy (non-hydrogen) atoms. The molecular formula is C20H26N4O3S. The van der Waals surface area contributed by atoms with E-state index in [1.54, 1.807) is 11.8 Å². The van der Waals surface area contributed by atoms with Crippen LogP contribution in [0.3, 0.4) is 0 Å². The molecule has 0 aliphatic carbocycles. The van der Waals surface area contributed by atoms with Gasteiger partial charge < -0.3 is 14.2 Å². The Balaban J connectivity index is 1.65. The topological polar surface area (TPSA) is 77.3 Å². The van der Waals surface area contributed by atoms with Crippen LogP contribution in [0.2, 0.25) is 0 Å². The molecule has 1 fully saturated rings. The SMILES string of the molecule is CCOC(=O)C1CCCCN1C(=O)CSc1nnc(-c2ccc(C)cc2)n1C. The van der Waals surface area contributed by atoms with Gasteiger partial charge in [0.05, 0.1) is 12.4 Å². The van der Waals surface area contributed by atoms with Crippen LogP contribution in [0.5, 0.6) is 0 Å². The number of esters is 1. The Morgan fingerprint density at radius 2 is 1.96 bits per heavy atom. The number of rotatable bonds is 6. The third-order valence-corrected chi connectivity index (χ3v) is 5.86. The summed E-state index contributed by atoms with van der Waals surface area (Å²) in [6.45, 7) is 4.74. The van der Waals surface area contributed by atoms with Crippen molar-refractivity contribution in [1.29, 1.82) is 0 Å². The van der Waals surface area contributed by atoms with Crippen molar-refractivity contribution in [3.05, 3.63) is 29.8 Å². The second-order valence-electron chi connectivity index (χ2n) is 6.87. The van der Waals surface area contributed by atoms with E-state index in [1.807, 2.05) is 42.8 Å². The normalized spacial score (nSPS) is 16.8. The highest BCUT2D eigenvalue weighted by Gasteiger charge is 2.33. The molecule has 3 rings (SSSR count). The number of nitrogens with zero attached hydrogens (tertiary/aromatic N) is 4. The fourth-order valence-corrected chi connectivity index (χ4v) is 4.11. The minimum absolute atomic E-state index is 0.0670. The van der Waals surface area contributed by atoms with Gasteiger partial charge in [-0.15, -0.1) is 10.2 Å². The number of piperidine rings is 1. The van der Waals surface area contributed by atoms with Crippen molar-refractivity contribution in [2.45, 2.75) is 44.3 Å². The van der Waals surface area contributed by atoms with Crippen molar-refractivity contribution in [3.8, 4) is 11.4 Å². The van der Waals surface area contributed by atoms with Gasteiger partial charge in [0.25, 0.3) is 0 Å². The van der Waals surface area contributed by atoms with E-state index in [0.29, 0.717) is 24.7 Å². The molecule has 1 aromatic carbocycles. The summed E-state index contributed by atoms with van der Waals surface area (Å²) < 4.78 is 7.03. The predicted molar refractivity (Wildman–Crippen MR) is 108 cm³/mol. The molecule has 7 nitrogen and oxygen atoms in total. The summed E-state index contributed by atoms with van der Waals surface area (Å²) >= 11 is 1.34. The van der Waals surface area contributed by atoms with Crippen LogP contribution in [0, 0.1) is 6.92 Å². The maximum atomic E-state index is 12.8. The Bertz CT molecular complexity index is 834. The fourth-order valence-electron chi connectivity index (χ4n) is 3.32. The number of ether oxygens (including phenoxy) is 1. The second kappa shape index (κ2) is 9.23. The van der Waals surface area contributed by atoms with Crippen molar-refractivity contribution in [3.63, 3.8) is 0 Å². The van der Waals surface area contributed by atoms with Crippen LogP contribution >= 0.6 is 11.8 Å². The summed E-state index contributed by atoms with van der Waals surface area (Å²) in [5.74, 6) is 0.608. The van der Waals surface area contributed by atoms with E-state index in [2.05, 4.69) is 10.2 Å². The molecule has 2 heterocycles. The Morgan fingerprint density at radius 1 is 1.21 bits per heavy atom. The molecule has 1 aliphatic rings. The smallest absolute Gasteiger partial charge is 0.328 e. The molecule has 150 valence electrons. The number of amides is 1. The van der Waals surface area contributed by atoms with Crippen LogP contribution in [0.4, 0.5) is 0 Å². The van der Waals surface area contributed by atoms with Crippen molar-refractivity contribution in [1.82, 2.24) is 19.7 Å². The highest BCUT2D eigenvalue weighted by atomic mass is 32.2. The highest BCUT2D eigenvalue weighted by molar-refractivity contribution is 7.99. The molecule has 0 N–H and O–H groups in total. The lowest BCUT2D eigenvalue weighted by atomic mass is 10.0. The van der Waals surface area contributed by atoms with Crippen molar-refractivity contribution in [2.75, 3.05) is 18.9 Å². The minimum Gasteiger partial charge on any atom is -0.464 e. The molecule has 0 radical (unpaired) electrons.